The molecule has 0 bridgehead atoms. The lowest BCUT2D eigenvalue weighted by Gasteiger charge is -2.19. The molecule has 1 aromatic heterocycles. The first-order chi connectivity index (χ1) is 9.63. The van der Waals surface area contributed by atoms with Crippen LogP contribution in [0, 0.1) is 0 Å². The van der Waals surface area contributed by atoms with Gasteiger partial charge in [0.05, 0.1) is 11.4 Å². The summed E-state index contributed by atoms with van der Waals surface area (Å²) < 4.78 is 0. The molecule has 4 N–H and O–H groups in total. The van der Waals surface area contributed by atoms with Crippen molar-refractivity contribution in [1.82, 2.24) is 20.4 Å². The molecule has 0 radical (unpaired) electrons. The van der Waals surface area contributed by atoms with E-state index < -0.39 is 0 Å². The minimum Gasteiger partial charge on any atom is -0.395 e. The van der Waals surface area contributed by atoms with Crippen LogP contribution in [0.25, 0.3) is 0 Å². The number of nitrogens with zero attached hydrogens (tertiary/aromatic N) is 2. The van der Waals surface area contributed by atoms with E-state index in [0.29, 0.717) is 17.9 Å². The lowest BCUT2D eigenvalue weighted by atomic mass is 10.2. The number of amides is 1. The Morgan fingerprint density at radius 1 is 1.30 bits per heavy atom. The van der Waals surface area contributed by atoms with Gasteiger partial charge in [-0.2, -0.15) is 5.10 Å². The number of rotatable bonds is 9. The third kappa shape index (κ3) is 4.52. The fourth-order valence-corrected chi connectivity index (χ4v) is 2.16. The van der Waals surface area contributed by atoms with Gasteiger partial charge in [-0.05, 0) is 25.9 Å². The maximum Gasteiger partial charge on any atom is 0.273 e. The van der Waals surface area contributed by atoms with Gasteiger partial charge in [0, 0.05) is 13.1 Å². The number of hydrogen-bond acceptors (Lipinski definition) is 4. The molecule has 1 rings (SSSR count). The predicted octanol–water partition coefficient (Wildman–Crippen LogP) is 1.41. The second-order valence-corrected chi connectivity index (χ2v) is 4.90. The molecule has 1 amide bonds. The molecule has 6 heteroatoms. The number of carbonyl (C=O) groups excluding carboxylic acids is 1. The molecule has 114 valence electrons. The molecule has 0 aliphatic carbocycles. The zero-order valence-electron chi connectivity index (χ0n) is 12.8. The average molecular weight is 281 g/mol. The van der Waals surface area contributed by atoms with E-state index in [9.17, 15) is 4.79 Å². The van der Waals surface area contributed by atoms with Crippen molar-refractivity contribution in [2.75, 3.05) is 31.9 Å². The summed E-state index contributed by atoms with van der Waals surface area (Å²) in [5.41, 5.74) is 7.57. The van der Waals surface area contributed by atoms with Gasteiger partial charge in [0.1, 0.15) is 0 Å². The van der Waals surface area contributed by atoms with Gasteiger partial charge in [0.2, 0.25) is 0 Å². The maximum atomic E-state index is 12.0. The first-order valence-corrected chi connectivity index (χ1v) is 7.47. The van der Waals surface area contributed by atoms with E-state index in [1.165, 1.54) is 0 Å². The maximum absolute atomic E-state index is 12.0. The van der Waals surface area contributed by atoms with Crippen LogP contribution in [0.2, 0.25) is 0 Å². The zero-order chi connectivity index (χ0) is 15.0. The summed E-state index contributed by atoms with van der Waals surface area (Å²) >= 11 is 0. The molecule has 1 aromatic rings. The van der Waals surface area contributed by atoms with E-state index in [2.05, 4.69) is 41.2 Å². The summed E-state index contributed by atoms with van der Waals surface area (Å²) in [4.78, 5) is 14.3. The Bertz CT molecular complexity index is 416. The quantitative estimate of drug-likeness (QED) is 0.638. The van der Waals surface area contributed by atoms with Gasteiger partial charge in [0.25, 0.3) is 5.91 Å². The number of likely N-dealkylation sites (N-methyl/N-ethyl adjacent to an activating group) is 1. The van der Waals surface area contributed by atoms with Crippen molar-refractivity contribution in [1.29, 1.82) is 0 Å². The Balaban J connectivity index is 2.46. The van der Waals surface area contributed by atoms with E-state index in [-0.39, 0.29) is 5.91 Å². The van der Waals surface area contributed by atoms with Crippen molar-refractivity contribution in [3.63, 3.8) is 0 Å². The van der Waals surface area contributed by atoms with E-state index >= 15 is 0 Å². The summed E-state index contributed by atoms with van der Waals surface area (Å²) in [5, 5.41) is 9.73. The topological polar surface area (TPSA) is 87.0 Å². The number of nitrogen functional groups attached to an aromatic ring is 1. The highest BCUT2D eigenvalue weighted by Crippen LogP contribution is 2.15. The van der Waals surface area contributed by atoms with Crippen LogP contribution in [0.3, 0.4) is 0 Å². The van der Waals surface area contributed by atoms with Crippen LogP contribution >= 0.6 is 0 Å². The number of aromatic nitrogens is 2. The summed E-state index contributed by atoms with van der Waals surface area (Å²) in [6, 6.07) is 0. The molecule has 0 aliphatic rings. The third-order valence-electron chi connectivity index (χ3n) is 3.30. The molecular weight excluding hydrogens is 254 g/mol. The monoisotopic (exact) mass is 281 g/mol. The molecule has 0 saturated heterocycles. The number of nitrogens with two attached hydrogens (primary N) is 1. The van der Waals surface area contributed by atoms with Crippen LogP contribution in [0.15, 0.2) is 0 Å². The van der Waals surface area contributed by atoms with Crippen LogP contribution < -0.4 is 11.1 Å². The summed E-state index contributed by atoms with van der Waals surface area (Å²) in [6.45, 7) is 9.85. The lowest BCUT2D eigenvalue weighted by molar-refractivity contribution is 0.0944. The Kier molecular flexibility index (Phi) is 7.08. The van der Waals surface area contributed by atoms with Crippen molar-refractivity contribution >= 4 is 11.6 Å². The number of aryl methyl sites for hydroxylation is 1. The number of hydrogen-bond donors (Lipinski definition) is 3. The molecule has 1 heterocycles. The van der Waals surface area contributed by atoms with Gasteiger partial charge in [-0.3, -0.25) is 9.89 Å². The summed E-state index contributed by atoms with van der Waals surface area (Å²) in [7, 11) is 0. The highest BCUT2D eigenvalue weighted by atomic mass is 16.1. The number of H-pyrrole nitrogens is 1. The second kappa shape index (κ2) is 8.58. The van der Waals surface area contributed by atoms with Crippen molar-refractivity contribution in [3.8, 4) is 0 Å². The molecule has 0 aliphatic heterocycles. The van der Waals surface area contributed by atoms with Crippen molar-refractivity contribution in [3.05, 3.63) is 11.4 Å². The van der Waals surface area contributed by atoms with E-state index in [1.807, 2.05) is 0 Å². The Morgan fingerprint density at radius 3 is 2.65 bits per heavy atom. The van der Waals surface area contributed by atoms with Crippen molar-refractivity contribution in [2.45, 2.75) is 40.0 Å². The van der Waals surface area contributed by atoms with Crippen LogP contribution in [0.4, 0.5) is 5.69 Å². The summed E-state index contributed by atoms with van der Waals surface area (Å²) in [5.74, 6) is -0.200. The molecule has 6 nitrogen and oxygen atoms in total. The summed E-state index contributed by atoms with van der Waals surface area (Å²) in [6.07, 6.45) is 2.90. The molecule has 0 atom stereocenters. The minimum atomic E-state index is -0.200. The predicted molar refractivity (Wildman–Crippen MR) is 81.7 cm³/mol. The van der Waals surface area contributed by atoms with E-state index in [4.69, 9.17) is 5.73 Å². The molecule has 0 unspecified atom stereocenters. The van der Waals surface area contributed by atoms with Crippen LogP contribution in [0.1, 0.15) is 49.8 Å². The van der Waals surface area contributed by atoms with Gasteiger partial charge in [-0.15, -0.1) is 0 Å². The zero-order valence-corrected chi connectivity index (χ0v) is 12.8. The fraction of sp³-hybridized carbons (Fsp3) is 0.714. The number of anilines is 1. The first kappa shape index (κ1) is 16.5. The number of aromatic amines is 1. The van der Waals surface area contributed by atoms with E-state index in [1.54, 1.807) is 0 Å². The average Bonchev–Trinajstić information content (AvgIpc) is 2.80. The van der Waals surface area contributed by atoms with Gasteiger partial charge in [0.15, 0.2) is 5.69 Å². The smallest absolute Gasteiger partial charge is 0.273 e. The van der Waals surface area contributed by atoms with Gasteiger partial charge >= 0.3 is 0 Å². The van der Waals surface area contributed by atoms with Gasteiger partial charge < -0.3 is 16.0 Å². The molecule has 20 heavy (non-hydrogen) atoms. The SMILES string of the molecule is CCCc1[nH]nc(C(=O)NCCN(CC)CCC)c1N. The molecular formula is C14H27N5O. The molecule has 0 saturated carbocycles. The second-order valence-electron chi connectivity index (χ2n) is 4.90. The highest BCUT2D eigenvalue weighted by Gasteiger charge is 2.16. The van der Waals surface area contributed by atoms with Crippen molar-refractivity contribution in [2.24, 2.45) is 0 Å². The molecule has 0 fully saturated rings. The number of carbonyl (C=O) groups is 1. The number of nitrogens with one attached hydrogen (secondary N) is 2. The van der Waals surface area contributed by atoms with Crippen LogP contribution in [-0.4, -0.2) is 47.2 Å². The first-order valence-electron chi connectivity index (χ1n) is 7.47. The van der Waals surface area contributed by atoms with Gasteiger partial charge in [-0.25, -0.2) is 0 Å². The van der Waals surface area contributed by atoms with Crippen LogP contribution in [-0.2, 0) is 6.42 Å². The Hall–Kier alpha value is -1.56. The standard InChI is InChI=1S/C14H27N5O/c1-4-7-11-12(15)13(18-17-11)14(20)16-8-10-19(6-3)9-5-2/h4-10,15H2,1-3H3,(H,16,20)(H,17,18). The largest absolute Gasteiger partial charge is 0.395 e. The van der Waals surface area contributed by atoms with E-state index in [0.717, 1.165) is 44.6 Å². The Morgan fingerprint density at radius 2 is 2.05 bits per heavy atom. The molecule has 0 aromatic carbocycles. The van der Waals surface area contributed by atoms with Crippen molar-refractivity contribution < 1.29 is 4.79 Å². The minimum absolute atomic E-state index is 0.200. The highest BCUT2D eigenvalue weighted by molar-refractivity contribution is 5.97. The van der Waals surface area contributed by atoms with Crippen LogP contribution in [0.5, 0.6) is 0 Å². The third-order valence-corrected chi connectivity index (χ3v) is 3.30. The normalized spacial score (nSPS) is 11.0. The Labute approximate surface area is 121 Å². The van der Waals surface area contributed by atoms with Gasteiger partial charge in [-0.1, -0.05) is 27.2 Å². The lowest BCUT2D eigenvalue weighted by Crippen LogP contribution is -2.35. The molecule has 0 spiro atoms. The fourth-order valence-electron chi connectivity index (χ4n) is 2.16.